The van der Waals surface area contributed by atoms with E-state index in [2.05, 4.69) is 30.9 Å². The number of primary amides is 1. The lowest BCUT2D eigenvalue weighted by atomic mass is 10.3. The molecule has 2 heterocycles. The molecule has 2 rings (SSSR count). The number of nitrogens with two attached hydrogens (primary N) is 1. The van der Waals surface area contributed by atoms with Crippen molar-refractivity contribution in [2.75, 3.05) is 0 Å². The number of carbonyl (C=O) groups excluding carboxylic acids is 1. The van der Waals surface area contributed by atoms with Gasteiger partial charge in [0, 0.05) is 6.20 Å². The lowest BCUT2D eigenvalue weighted by molar-refractivity contribution is 0.0995. The molecule has 0 unspecified atom stereocenters. The Morgan fingerprint density at radius 3 is 2.86 bits per heavy atom. The molecule has 1 amide bonds. The van der Waals surface area contributed by atoms with Crippen LogP contribution in [-0.2, 0) is 0 Å². The molecule has 0 aliphatic heterocycles. The lowest BCUT2D eigenvalue weighted by Gasteiger charge is -1.99. The Balaban J connectivity index is 2.76. The molecule has 0 aliphatic rings. The highest BCUT2D eigenvalue weighted by atomic mass is 79.9. The van der Waals surface area contributed by atoms with Gasteiger partial charge in [0.2, 0.25) is 0 Å². The number of amides is 1. The summed E-state index contributed by atoms with van der Waals surface area (Å²) in [6.07, 6.45) is 4.48. The van der Waals surface area contributed by atoms with E-state index >= 15 is 0 Å². The van der Waals surface area contributed by atoms with Gasteiger partial charge in [0.25, 0.3) is 5.91 Å². The maximum atomic E-state index is 10.8. The first-order valence-corrected chi connectivity index (χ1v) is 4.54. The number of rotatable bonds is 1. The number of halogens is 1. The highest BCUT2D eigenvalue weighted by Crippen LogP contribution is 2.18. The van der Waals surface area contributed by atoms with Gasteiger partial charge < -0.3 is 5.73 Å². The maximum Gasteiger partial charge on any atom is 0.268 e. The van der Waals surface area contributed by atoms with Gasteiger partial charge in [-0.3, -0.25) is 14.8 Å². The van der Waals surface area contributed by atoms with Crippen molar-refractivity contribution in [1.29, 1.82) is 0 Å². The summed E-state index contributed by atoms with van der Waals surface area (Å²) in [5.41, 5.74) is 6.42. The maximum absolute atomic E-state index is 10.8. The normalized spacial score (nSPS) is 10.4. The number of fused-ring (bicyclic) bond motifs is 1. The summed E-state index contributed by atoms with van der Waals surface area (Å²) in [5, 5.41) is 0. The molecule has 6 heteroatoms. The Bertz CT molecular complexity index is 514. The summed E-state index contributed by atoms with van der Waals surface area (Å²) < 4.78 is 0.686. The van der Waals surface area contributed by atoms with Crippen LogP contribution in [0.4, 0.5) is 0 Å². The molecule has 0 aromatic carbocycles. The van der Waals surface area contributed by atoms with Gasteiger partial charge in [-0.25, -0.2) is 4.98 Å². The first-order valence-electron chi connectivity index (χ1n) is 3.74. The standard InChI is InChI=1S/C8H5BrN4O/c9-4-1-11-2-5-7(4)13-6(3-12-5)8(10)14/h1-3H,(H2,10,14). The summed E-state index contributed by atoms with van der Waals surface area (Å²) in [6, 6.07) is 0. The zero-order valence-electron chi connectivity index (χ0n) is 6.94. The summed E-state index contributed by atoms with van der Waals surface area (Å²) >= 11 is 3.26. The van der Waals surface area contributed by atoms with Crippen LogP contribution in [0, 0.1) is 0 Å². The number of hydrogen-bond acceptors (Lipinski definition) is 4. The van der Waals surface area contributed by atoms with E-state index in [-0.39, 0.29) is 5.69 Å². The van der Waals surface area contributed by atoms with Crippen molar-refractivity contribution in [3.8, 4) is 0 Å². The summed E-state index contributed by atoms with van der Waals surface area (Å²) in [4.78, 5) is 22.8. The van der Waals surface area contributed by atoms with E-state index in [9.17, 15) is 4.79 Å². The molecule has 0 atom stereocenters. The molecule has 70 valence electrons. The summed E-state index contributed by atoms with van der Waals surface area (Å²) in [7, 11) is 0. The van der Waals surface area contributed by atoms with Gasteiger partial charge in [0.15, 0.2) is 0 Å². The first kappa shape index (κ1) is 9.01. The Kier molecular flexibility index (Phi) is 2.12. The molecule has 0 saturated heterocycles. The fraction of sp³-hybridized carbons (Fsp3) is 0. The van der Waals surface area contributed by atoms with E-state index in [1.807, 2.05) is 0 Å². The average molecular weight is 253 g/mol. The average Bonchev–Trinajstić information content (AvgIpc) is 2.18. The second-order valence-electron chi connectivity index (χ2n) is 2.61. The predicted octanol–water partition coefficient (Wildman–Crippen LogP) is 0.886. The van der Waals surface area contributed by atoms with Crippen LogP contribution in [0.2, 0.25) is 0 Å². The van der Waals surface area contributed by atoms with Crippen LogP contribution in [0.5, 0.6) is 0 Å². The van der Waals surface area contributed by atoms with Crippen molar-refractivity contribution in [1.82, 2.24) is 15.0 Å². The quantitative estimate of drug-likeness (QED) is 0.817. The molecule has 0 radical (unpaired) electrons. The monoisotopic (exact) mass is 252 g/mol. The van der Waals surface area contributed by atoms with Gasteiger partial charge in [-0.2, -0.15) is 0 Å². The highest BCUT2D eigenvalue weighted by molar-refractivity contribution is 9.10. The smallest absolute Gasteiger partial charge is 0.268 e. The molecular weight excluding hydrogens is 248 g/mol. The van der Waals surface area contributed by atoms with E-state index in [4.69, 9.17) is 5.73 Å². The van der Waals surface area contributed by atoms with E-state index in [0.29, 0.717) is 15.5 Å². The molecule has 0 bridgehead atoms. The van der Waals surface area contributed by atoms with Gasteiger partial charge in [-0.1, -0.05) is 0 Å². The molecule has 2 aromatic rings. The fourth-order valence-corrected chi connectivity index (χ4v) is 1.43. The van der Waals surface area contributed by atoms with Gasteiger partial charge in [-0.15, -0.1) is 0 Å². The number of aromatic nitrogens is 3. The van der Waals surface area contributed by atoms with Gasteiger partial charge in [-0.05, 0) is 15.9 Å². The third-order valence-electron chi connectivity index (χ3n) is 1.66. The Morgan fingerprint density at radius 2 is 2.14 bits per heavy atom. The van der Waals surface area contributed by atoms with Crippen LogP contribution in [0.3, 0.4) is 0 Å². The second kappa shape index (κ2) is 3.30. The minimum atomic E-state index is -0.594. The molecule has 14 heavy (non-hydrogen) atoms. The van der Waals surface area contributed by atoms with Gasteiger partial charge in [0.05, 0.1) is 16.9 Å². The van der Waals surface area contributed by atoms with Crippen LogP contribution < -0.4 is 5.73 Å². The molecule has 0 spiro atoms. The zero-order chi connectivity index (χ0) is 10.1. The van der Waals surface area contributed by atoms with Crippen LogP contribution in [0.15, 0.2) is 23.1 Å². The SMILES string of the molecule is NC(=O)c1cnc2cncc(Br)c2n1. The zero-order valence-corrected chi connectivity index (χ0v) is 8.52. The van der Waals surface area contributed by atoms with Crippen molar-refractivity contribution in [3.63, 3.8) is 0 Å². The highest BCUT2D eigenvalue weighted by Gasteiger charge is 2.06. The van der Waals surface area contributed by atoms with Crippen LogP contribution >= 0.6 is 15.9 Å². The van der Waals surface area contributed by atoms with E-state index < -0.39 is 5.91 Å². The van der Waals surface area contributed by atoms with Crippen LogP contribution in [0.1, 0.15) is 10.5 Å². The molecule has 5 nitrogen and oxygen atoms in total. The predicted molar refractivity (Wildman–Crippen MR) is 53.6 cm³/mol. The second-order valence-corrected chi connectivity index (χ2v) is 3.46. The van der Waals surface area contributed by atoms with E-state index in [0.717, 1.165) is 0 Å². The third-order valence-corrected chi connectivity index (χ3v) is 2.24. The summed E-state index contributed by atoms with van der Waals surface area (Å²) in [6.45, 7) is 0. The molecule has 0 fully saturated rings. The minimum Gasteiger partial charge on any atom is -0.364 e. The summed E-state index contributed by atoms with van der Waals surface area (Å²) in [5.74, 6) is -0.594. The number of nitrogens with zero attached hydrogens (tertiary/aromatic N) is 3. The fourth-order valence-electron chi connectivity index (χ4n) is 1.02. The van der Waals surface area contributed by atoms with E-state index in [1.165, 1.54) is 6.20 Å². The van der Waals surface area contributed by atoms with Crippen molar-refractivity contribution < 1.29 is 4.79 Å². The lowest BCUT2D eigenvalue weighted by Crippen LogP contribution is -2.13. The minimum absolute atomic E-state index is 0.143. The largest absolute Gasteiger partial charge is 0.364 e. The molecule has 0 aliphatic carbocycles. The Hall–Kier alpha value is -1.56. The van der Waals surface area contributed by atoms with Crippen LogP contribution in [0.25, 0.3) is 11.0 Å². The van der Waals surface area contributed by atoms with E-state index in [1.54, 1.807) is 12.4 Å². The van der Waals surface area contributed by atoms with Crippen molar-refractivity contribution in [2.45, 2.75) is 0 Å². The Labute approximate surface area is 87.5 Å². The topological polar surface area (TPSA) is 81.8 Å². The van der Waals surface area contributed by atoms with Crippen molar-refractivity contribution >= 4 is 32.9 Å². The van der Waals surface area contributed by atoms with Crippen molar-refractivity contribution in [2.24, 2.45) is 5.73 Å². The Morgan fingerprint density at radius 1 is 1.36 bits per heavy atom. The van der Waals surface area contributed by atoms with Crippen LogP contribution in [-0.4, -0.2) is 20.9 Å². The third kappa shape index (κ3) is 1.44. The molecule has 2 N–H and O–H groups in total. The number of hydrogen-bond donors (Lipinski definition) is 1. The number of pyridine rings is 1. The number of carbonyl (C=O) groups is 1. The van der Waals surface area contributed by atoms with Gasteiger partial charge in [0.1, 0.15) is 16.7 Å². The molecule has 0 saturated carbocycles. The van der Waals surface area contributed by atoms with Crippen molar-refractivity contribution in [3.05, 3.63) is 28.8 Å². The molecule has 2 aromatic heterocycles. The molecular formula is C8H5BrN4O. The first-order chi connectivity index (χ1) is 6.68. The van der Waals surface area contributed by atoms with Gasteiger partial charge >= 0.3 is 0 Å².